The number of piperidine rings is 1. The van der Waals surface area contributed by atoms with Crippen molar-refractivity contribution in [3.8, 4) is 5.75 Å². The van der Waals surface area contributed by atoms with Crippen LogP contribution in [0.3, 0.4) is 0 Å². The van der Waals surface area contributed by atoms with E-state index in [1.807, 2.05) is 6.07 Å². The van der Waals surface area contributed by atoms with E-state index in [2.05, 4.69) is 45.5 Å². The number of likely N-dealkylation sites (tertiary alicyclic amines) is 1. The molecule has 1 aromatic carbocycles. The number of nitrogens with one attached hydrogen (secondary N) is 1. The van der Waals surface area contributed by atoms with Gasteiger partial charge in [0, 0.05) is 19.3 Å². The molecule has 0 atom stereocenters. The Morgan fingerprint density at radius 3 is 2.70 bits per heavy atom. The van der Waals surface area contributed by atoms with Gasteiger partial charge in [0.2, 0.25) is 0 Å². The van der Waals surface area contributed by atoms with E-state index in [4.69, 9.17) is 4.74 Å². The molecule has 1 N–H and O–H groups in total. The predicted molar refractivity (Wildman–Crippen MR) is 93.7 cm³/mol. The number of ether oxygens (including phenoxy) is 1. The molecule has 0 spiro atoms. The standard InChI is InChI=1S/C19H25N3O/c1-23-19-14-20-10-7-18(19)21-13-16-8-11-22(12-9-16)15-17-5-3-2-4-6-17/h2-7,10,14,16H,8-9,11-13,15H2,1H3,(H,20,21). The summed E-state index contributed by atoms with van der Waals surface area (Å²) in [7, 11) is 1.68. The minimum atomic E-state index is 0.722. The van der Waals surface area contributed by atoms with Gasteiger partial charge in [0.25, 0.3) is 0 Å². The van der Waals surface area contributed by atoms with Crippen LogP contribution in [0.25, 0.3) is 0 Å². The van der Waals surface area contributed by atoms with Gasteiger partial charge in [-0.2, -0.15) is 0 Å². The van der Waals surface area contributed by atoms with Gasteiger partial charge in [-0.1, -0.05) is 30.3 Å². The van der Waals surface area contributed by atoms with E-state index in [1.165, 1.54) is 31.5 Å². The number of hydrogen-bond donors (Lipinski definition) is 1. The molecule has 1 aromatic heterocycles. The highest BCUT2D eigenvalue weighted by Crippen LogP contribution is 2.24. The first-order valence-electron chi connectivity index (χ1n) is 8.33. The van der Waals surface area contributed by atoms with Gasteiger partial charge in [0.1, 0.15) is 0 Å². The van der Waals surface area contributed by atoms with E-state index in [0.29, 0.717) is 0 Å². The lowest BCUT2D eigenvalue weighted by Crippen LogP contribution is -2.35. The number of hydrogen-bond acceptors (Lipinski definition) is 4. The number of benzene rings is 1. The lowest BCUT2D eigenvalue weighted by Gasteiger charge is -2.32. The molecule has 0 saturated carbocycles. The van der Waals surface area contributed by atoms with Crippen LogP contribution < -0.4 is 10.1 Å². The number of anilines is 1. The monoisotopic (exact) mass is 311 g/mol. The highest BCUT2D eigenvalue weighted by molar-refractivity contribution is 5.54. The molecule has 0 aliphatic carbocycles. The Hall–Kier alpha value is -2.07. The van der Waals surface area contributed by atoms with Crippen LogP contribution in [0.5, 0.6) is 5.75 Å². The fourth-order valence-corrected chi connectivity index (χ4v) is 3.13. The molecule has 0 unspecified atom stereocenters. The molecule has 1 saturated heterocycles. The van der Waals surface area contributed by atoms with Crippen molar-refractivity contribution in [1.82, 2.24) is 9.88 Å². The quantitative estimate of drug-likeness (QED) is 0.887. The smallest absolute Gasteiger partial charge is 0.160 e. The minimum absolute atomic E-state index is 0.722. The fourth-order valence-electron chi connectivity index (χ4n) is 3.13. The fraction of sp³-hybridized carbons (Fsp3) is 0.421. The maximum absolute atomic E-state index is 5.34. The zero-order valence-corrected chi connectivity index (χ0v) is 13.7. The molecule has 1 fully saturated rings. The average molecular weight is 311 g/mol. The first-order chi connectivity index (χ1) is 11.3. The van der Waals surface area contributed by atoms with Crippen molar-refractivity contribution in [2.24, 2.45) is 5.92 Å². The molecule has 2 aromatic rings. The number of rotatable bonds is 6. The second kappa shape index (κ2) is 7.97. The van der Waals surface area contributed by atoms with Gasteiger partial charge in [0.05, 0.1) is 19.0 Å². The molecule has 0 radical (unpaired) electrons. The zero-order chi connectivity index (χ0) is 15.9. The third-order valence-corrected chi connectivity index (χ3v) is 4.54. The topological polar surface area (TPSA) is 37.4 Å². The van der Waals surface area contributed by atoms with Crippen molar-refractivity contribution >= 4 is 5.69 Å². The van der Waals surface area contributed by atoms with E-state index in [1.54, 1.807) is 19.5 Å². The molecule has 0 amide bonds. The summed E-state index contributed by atoms with van der Waals surface area (Å²) in [5.41, 5.74) is 2.44. The molecule has 1 aliphatic rings. The van der Waals surface area contributed by atoms with Crippen LogP contribution in [0.2, 0.25) is 0 Å². The summed E-state index contributed by atoms with van der Waals surface area (Å²) < 4.78 is 5.34. The van der Waals surface area contributed by atoms with E-state index in [-0.39, 0.29) is 0 Å². The summed E-state index contributed by atoms with van der Waals surface area (Å²) in [6, 6.07) is 12.7. The van der Waals surface area contributed by atoms with E-state index >= 15 is 0 Å². The summed E-state index contributed by atoms with van der Waals surface area (Å²) in [6.45, 7) is 4.42. The van der Waals surface area contributed by atoms with E-state index in [9.17, 15) is 0 Å². The van der Waals surface area contributed by atoms with Crippen LogP contribution in [-0.4, -0.2) is 36.6 Å². The van der Waals surface area contributed by atoms with E-state index < -0.39 is 0 Å². The summed E-state index contributed by atoms with van der Waals surface area (Å²) in [5.74, 6) is 1.54. The van der Waals surface area contributed by atoms with Gasteiger partial charge in [-0.25, -0.2) is 0 Å². The van der Waals surface area contributed by atoms with Crippen LogP contribution in [0.15, 0.2) is 48.8 Å². The molecule has 3 rings (SSSR count). The van der Waals surface area contributed by atoms with Crippen LogP contribution in [-0.2, 0) is 6.54 Å². The van der Waals surface area contributed by atoms with Crippen LogP contribution in [0.1, 0.15) is 18.4 Å². The molecular formula is C19H25N3O. The summed E-state index contributed by atoms with van der Waals surface area (Å²) >= 11 is 0. The average Bonchev–Trinajstić information content (AvgIpc) is 2.62. The number of nitrogens with zero attached hydrogens (tertiary/aromatic N) is 2. The second-order valence-corrected chi connectivity index (χ2v) is 6.16. The first-order valence-corrected chi connectivity index (χ1v) is 8.33. The lowest BCUT2D eigenvalue weighted by molar-refractivity contribution is 0.182. The first kappa shape index (κ1) is 15.8. The zero-order valence-electron chi connectivity index (χ0n) is 13.7. The third-order valence-electron chi connectivity index (χ3n) is 4.54. The highest BCUT2D eigenvalue weighted by atomic mass is 16.5. The second-order valence-electron chi connectivity index (χ2n) is 6.16. The Morgan fingerprint density at radius 2 is 1.96 bits per heavy atom. The molecule has 4 nitrogen and oxygen atoms in total. The number of methoxy groups -OCH3 is 1. The van der Waals surface area contributed by atoms with Gasteiger partial charge in [-0.05, 0) is 43.5 Å². The molecule has 4 heteroatoms. The lowest BCUT2D eigenvalue weighted by atomic mass is 9.96. The van der Waals surface area contributed by atoms with Gasteiger partial charge < -0.3 is 10.1 Å². The molecule has 0 bridgehead atoms. The van der Waals surface area contributed by atoms with Crippen molar-refractivity contribution in [3.05, 3.63) is 54.4 Å². The normalized spacial score (nSPS) is 16.2. The van der Waals surface area contributed by atoms with E-state index in [0.717, 1.165) is 30.4 Å². The summed E-state index contributed by atoms with van der Waals surface area (Å²) in [4.78, 5) is 6.64. The Bertz CT molecular complexity index is 595. The van der Waals surface area contributed by atoms with Gasteiger partial charge in [0.15, 0.2) is 5.75 Å². The molecule has 2 heterocycles. The van der Waals surface area contributed by atoms with Crippen molar-refractivity contribution < 1.29 is 4.74 Å². The van der Waals surface area contributed by atoms with Crippen molar-refractivity contribution in [3.63, 3.8) is 0 Å². The number of pyridine rings is 1. The molecule has 1 aliphatic heterocycles. The minimum Gasteiger partial charge on any atom is -0.493 e. The van der Waals surface area contributed by atoms with Gasteiger partial charge in [-0.15, -0.1) is 0 Å². The number of aromatic nitrogens is 1. The summed E-state index contributed by atoms with van der Waals surface area (Å²) in [5, 5.41) is 3.51. The maximum Gasteiger partial charge on any atom is 0.160 e. The molecular weight excluding hydrogens is 286 g/mol. The third kappa shape index (κ3) is 4.45. The van der Waals surface area contributed by atoms with Crippen molar-refractivity contribution in [2.75, 3.05) is 32.1 Å². The predicted octanol–water partition coefficient (Wildman–Crippen LogP) is 3.41. The van der Waals surface area contributed by atoms with Crippen molar-refractivity contribution in [1.29, 1.82) is 0 Å². The highest BCUT2D eigenvalue weighted by Gasteiger charge is 2.19. The Labute approximate surface area is 138 Å². The Morgan fingerprint density at radius 1 is 1.17 bits per heavy atom. The van der Waals surface area contributed by atoms with Crippen LogP contribution in [0, 0.1) is 5.92 Å². The van der Waals surface area contributed by atoms with Crippen LogP contribution >= 0.6 is 0 Å². The summed E-state index contributed by atoms with van der Waals surface area (Å²) in [6.07, 6.45) is 6.04. The Balaban J connectivity index is 1.44. The van der Waals surface area contributed by atoms with Gasteiger partial charge >= 0.3 is 0 Å². The largest absolute Gasteiger partial charge is 0.493 e. The molecule has 23 heavy (non-hydrogen) atoms. The van der Waals surface area contributed by atoms with Crippen molar-refractivity contribution in [2.45, 2.75) is 19.4 Å². The van der Waals surface area contributed by atoms with Gasteiger partial charge in [-0.3, -0.25) is 9.88 Å². The maximum atomic E-state index is 5.34. The SMILES string of the molecule is COc1cnccc1NCC1CCN(Cc2ccccc2)CC1. The molecule has 122 valence electrons. The van der Waals surface area contributed by atoms with Crippen LogP contribution in [0.4, 0.5) is 5.69 Å². The Kier molecular flexibility index (Phi) is 5.48.